The van der Waals surface area contributed by atoms with Crippen LogP contribution in [0.3, 0.4) is 0 Å². The van der Waals surface area contributed by atoms with Crippen molar-refractivity contribution in [3.8, 4) is 0 Å². The van der Waals surface area contributed by atoms with Crippen molar-refractivity contribution < 1.29 is 9.53 Å². The average Bonchev–Trinajstić information content (AvgIpc) is 3.30. The first-order valence-corrected chi connectivity index (χ1v) is 9.05. The molecule has 1 atom stereocenters. The highest BCUT2D eigenvalue weighted by atomic mass is 35.5. The number of para-hydroxylation sites is 1. The van der Waals surface area contributed by atoms with Gasteiger partial charge in [-0.1, -0.05) is 47.5 Å². The molecule has 0 aliphatic carbocycles. The molecule has 2 heterocycles. The lowest BCUT2D eigenvalue weighted by atomic mass is 10.1. The summed E-state index contributed by atoms with van der Waals surface area (Å²) in [5.41, 5.74) is 1.94. The quantitative estimate of drug-likeness (QED) is 0.409. The number of halogens is 3. The van der Waals surface area contributed by atoms with Crippen LogP contribution in [0, 0.1) is 0 Å². The van der Waals surface area contributed by atoms with Gasteiger partial charge in [0.05, 0.1) is 12.9 Å². The molecule has 0 saturated carbocycles. The number of hydrogen-bond donors (Lipinski definition) is 1. The van der Waals surface area contributed by atoms with Crippen molar-refractivity contribution in [1.29, 1.82) is 0 Å². The lowest BCUT2D eigenvalue weighted by molar-refractivity contribution is 0.0249. The molecular weight excluding hydrogens is 421 g/mol. The Labute approximate surface area is 177 Å². The molecule has 0 amide bonds. The van der Waals surface area contributed by atoms with Crippen LogP contribution in [-0.4, -0.2) is 20.5 Å². The van der Waals surface area contributed by atoms with Gasteiger partial charge in [-0.3, -0.25) is 0 Å². The van der Waals surface area contributed by atoms with Gasteiger partial charge in [-0.2, -0.15) is 0 Å². The predicted octanol–water partition coefficient (Wildman–Crippen LogP) is 5.69. The van der Waals surface area contributed by atoms with Crippen LogP contribution >= 0.6 is 35.6 Å². The van der Waals surface area contributed by atoms with Gasteiger partial charge >= 0.3 is 5.97 Å². The molecule has 0 spiro atoms. The summed E-state index contributed by atoms with van der Waals surface area (Å²) >= 11 is 12.3. The summed E-state index contributed by atoms with van der Waals surface area (Å²) in [4.78, 5) is 19.9. The Hall–Kier alpha value is -2.47. The third-order valence-corrected chi connectivity index (χ3v) is 4.81. The number of benzene rings is 2. The number of carbonyl (C=O) groups is 1. The molecule has 1 N–H and O–H groups in total. The summed E-state index contributed by atoms with van der Waals surface area (Å²) in [7, 11) is 0. The van der Waals surface area contributed by atoms with Crippen molar-refractivity contribution in [2.45, 2.75) is 12.6 Å². The van der Waals surface area contributed by atoms with E-state index < -0.39 is 12.1 Å². The average molecular weight is 437 g/mol. The van der Waals surface area contributed by atoms with Crippen molar-refractivity contribution >= 4 is 52.5 Å². The zero-order valence-corrected chi connectivity index (χ0v) is 16.8. The van der Waals surface area contributed by atoms with E-state index in [0.717, 1.165) is 10.9 Å². The molecule has 2 aromatic carbocycles. The summed E-state index contributed by atoms with van der Waals surface area (Å²) in [6.45, 7) is 0.382. The molecule has 1 unspecified atom stereocenters. The zero-order valence-electron chi connectivity index (χ0n) is 14.5. The number of imidazole rings is 1. The standard InChI is InChI=1S/C20H15Cl2N3O2.ClH/c21-14-5-6-15(16(22)10-14)19(11-25-8-7-23-12-25)27-20(26)18-9-13-3-1-2-4-17(13)24-18;/h1-10,12,19,24H,11H2;1H. The van der Waals surface area contributed by atoms with E-state index in [1.807, 2.05) is 28.8 Å². The van der Waals surface area contributed by atoms with Crippen molar-refractivity contribution in [2.75, 3.05) is 0 Å². The maximum absolute atomic E-state index is 12.8. The number of nitrogens with zero attached hydrogens (tertiary/aromatic N) is 2. The Morgan fingerprint density at radius 3 is 2.71 bits per heavy atom. The summed E-state index contributed by atoms with van der Waals surface area (Å²) < 4.78 is 7.63. The van der Waals surface area contributed by atoms with Crippen molar-refractivity contribution in [3.05, 3.63) is 88.6 Å². The van der Waals surface area contributed by atoms with Gasteiger partial charge in [-0.15, -0.1) is 12.4 Å². The van der Waals surface area contributed by atoms with Gasteiger partial charge in [-0.05, 0) is 24.3 Å². The number of hydrogen-bond acceptors (Lipinski definition) is 3. The van der Waals surface area contributed by atoms with E-state index in [2.05, 4.69) is 9.97 Å². The van der Waals surface area contributed by atoms with Gasteiger partial charge in [0, 0.05) is 38.9 Å². The largest absolute Gasteiger partial charge is 0.451 e. The van der Waals surface area contributed by atoms with Gasteiger partial charge in [0.1, 0.15) is 11.8 Å². The van der Waals surface area contributed by atoms with Crippen molar-refractivity contribution in [1.82, 2.24) is 14.5 Å². The molecule has 0 aliphatic rings. The van der Waals surface area contributed by atoms with Gasteiger partial charge in [0.2, 0.25) is 0 Å². The fourth-order valence-corrected chi connectivity index (χ4v) is 3.45. The minimum Gasteiger partial charge on any atom is -0.451 e. The molecule has 4 rings (SSSR count). The molecule has 28 heavy (non-hydrogen) atoms. The Morgan fingerprint density at radius 1 is 1.18 bits per heavy atom. The second kappa shape index (κ2) is 8.69. The Kier molecular flexibility index (Phi) is 6.29. The van der Waals surface area contributed by atoms with Crippen molar-refractivity contribution in [2.24, 2.45) is 0 Å². The first-order chi connectivity index (χ1) is 13.1. The lowest BCUT2D eigenvalue weighted by Crippen LogP contribution is -2.17. The van der Waals surface area contributed by atoms with Gasteiger partial charge in [0.15, 0.2) is 0 Å². The third kappa shape index (κ3) is 4.33. The van der Waals surface area contributed by atoms with E-state index in [1.54, 1.807) is 43.0 Å². The first-order valence-electron chi connectivity index (χ1n) is 8.29. The molecule has 0 fully saturated rings. The summed E-state index contributed by atoms with van der Waals surface area (Å²) in [5.74, 6) is -0.456. The molecule has 4 aromatic rings. The molecule has 0 radical (unpaired) electrons. The van der Waals surface area contributed by atoms with Gasteiger partial charge in [0.25, 0.3) is 0 Å². The Balaban J connectivity index is 0.00000225. The lowest BCUT2D eigenvalue weighted by Gasteiger charge is -2.20. The summed E-state index contributed by atoms with van der Waals surface area (Å²) in [6, 6.07) is 14.6. The molecule has 0 bridgehead atoms. The Morgan fingerprint density at radius 2 is 2.00 bits per heavy atom. The molecule has 0 saturated heterocycles. The van der Waals surface area contributed by atoms with E-state index in [0.29, 0.717) is 27.8 Å². The summed E-state index contributed by atoms with van der Waals surface area (Å²) in [5, 5.41) is 1.91. The van der Waals surface area contributed by atoms with E-state index in [1.165, 1.54) is 0 Å². The van der Waals surface area contributed by atoms with Crippen LogP contribution in [-0.2, 0) is 11.3 Å². The number of aromatic amines is 1. The minimum absolute atomic E-state index is 0. The molecule has 144 valence electrons. The number of carbonyl (C=O) groups excluding carboxylic acids is 1. The molecule has 8 heteroatoms. The maximum Gasteiger partial charge on any atom is 0.355 e. The number of aromatic nitrogens is 3. The van der Waals surface area contributed by atoms with Crippen LogP contribution in [0.4, 0.5) is 0 Å². The van der Waals surface area contributed by atoms with E-state index >= 15 is 0 Å². The van der Waals surface area contributed by atoms with Gasteiger partial charge < -0.3 is 14.3 Å². The monoisotopic (exact) mass is 435 g/mol. The molecule has 2 aromatic heterocycles. The van der Waals surface area contributed by atoms with E-state index in [4.69, 9.17) is 27.9 Å². The van der Waals surface area contributed by atoms with Crippen LogP contribution in [0.25, 0.3) is 10.9 Å². The van der Waals surface area contributed by atoms with E-state index in [9.17, 15) is 4.79 Å². The summed E-state index contributed by atoms with van der Waals surface area (Å²) in [6.07, 6.45) is 4.53. The third-order valence-electron chi connectivity index (χ3n) is 4.24. The van der Waals surface area contributed by atoms with Crippen molar-refractivity contribution in [3.63, 3.8) is 0 Å². The zero-order chi connectivity index (χ0) is 18.8. The smallest absolute Gasteiger partial charge is 0.355 e. The topological polar surface area (TPSA) is 59.9 Å². The number of nitrogens with one attached hydrogen (secondary N) is 1. The van der Waals surface area contributed by atoms with Crippen LogP contribution in [0.1, 0.15) is 22.2 Å². The predicted molar refractivity (Wildman–Crippen MR) is 112 cm³/mol. The van der Waals surface area contributed by atoms with Crippen LogP contribution in [0.15, 0.2) is 67.3 Å². The SMILES string of the molecule is Cl.O=C(OC(Cn1ccnc1)c1ccc(Cl)cc1Cl)c1cc2ccccc2[nH]1. The highest BCUT2D eigenvalue weighted by molar-refractivity contribution is 6.35. The van der Waals surface area contributed by atoms with Gasteiger partial charge in [-0.25, -0.2) is 9.78 Å². The second-order valence-corrected chi connectivity index (χ2v) is 6.93. The molecular formula is C20H16Cl3N3O2. The number of H-pyrrole nitrogens is 1. The fraction of sp³-hybridized carbons (Fsp3) is 0.100. The minimum atomic E-state index is -0.595. The number of rotatable bonds is 5. The fourth-order valence-electron chi connectivity index (χ4n) is 2.92. The number of ether oxygens (including phenoxy) is 1. The first kappa shape index (κ1) is 20.3. The van der Waals surface area contributed by atoms with Crippen LogP contribution in [0.5, 0.6) is 0 Å². The van der Waals surface area contributed by atoms with Crippen LogP contribution < -0.4 is 0 Å². The normalized spacial score (nSPS) is 11.8. The molecule has 5 nitrogen and oxygen atoms in total. The number of esters is 1. The highest BCUT2D eigenvalue weighted by Crippen LogP contribution is 2.30. The Bertz CT molecular complexity index is 1060. The maximum atomic E-state index is 12.8. The number of fused-ring (bicyclic) bond motifs is 1. The highest BCUT2D eigenvalue weighted by Gasteiger charge is 2.22. The second-order valence-electron chi connectivity index (χ2n) is 6.09. The van der Waals surface area contributed by atoms with Crippen LogP contribution in [0.2, 0.25) is 10.0 Å². The van der Waals surface area contributed by atoms with E-state index in [-0.39, 0.29) is 12.4 Å². The molecule has 0 aliphatic heterocycles.